The number of rotatable bonds is 3. The number of aliphatic carboxylic acids is 2. The summed E-state index contributed by atoms with van der Waals surface area (Å²) in [5, 5.41) is 17.3. The Morgan fingerprint density at radius 1 is 1.36 bits per heavy atom. The predicted octanol–water partition coefficient (Wildman–Crippen LogP) is -2.65. The Balaban J connectivity index is -0.000000177. The molecule has 0 aromatic heterocycles. The van der Waals surface area contributed by atoms with Gasteiger partial charge in [-0.2, -0.15) is 0 Å². The molecule has 0 amide bonds. The normalized spacial score (nSPS) is 9.00. The van der Waals surface area contributed by atoms with E-state index in [2.05, 4.69) is 0 Å². The molecule has 0 aliphatic rings. The molecule has 0 bridgehead atoms. The van der Waals surface area contributed by atoms with Crippen LogP contribution in [0.2, 0.25) is 0 Å². The van der Waals surface area contributed by atoms with Crippen LogP contribution >= 0.6 is 0 Å². The summed E-state index contributed by atoms with van der Waals surface area (Å²) in [6.45, 7) is 3.36. The maximum Gasteiger partial charge on any atom is 1.00 e. The molecule has 0 spiro atoms. The van der Waals surface area contributed by atoms with E-state index in [9.17, 15) is 14.7 Å². The summed E-state index contributed by atoms with van der Waals surface area (Å²) in [5.74, 6) is -1.91. The van der Waals surface area contributed by atoms with E-state index < -0.39 is 11.9 Å². The van der Waals surface area contributed by atoms with Gasteiger partial charge in [0.25, 0.3) is 0 Å². The van der Waals surface area contributed by atoms with Gasteiger partial charge in [0.1, 0.15) is 0 Å². The van der Waals surface area contributed by atoms with E-state index in [0.717, 1.165) is 6.08 Å². The Morgan fingerprint density at radius 2 is 1.79 bits per heavy atom. The summed E-state index contributed by atoms with van der Waals surface area (Å²) >= 11 is 0. The molecule has 0 aromatic rings. The Labute approximate surface area is 106 Å². The van der Waals surface area contributed by atoms with Crippen molar-refractivity contribution in [3.63, 3.8) is 0 Å². The fourth-order valence-electron chi connectivity index (χ4n) is 0.249. The molecule has 74 valence electrons. The Bertz CT molecular complexity index is 209. The van der Waals surface area contributed by atoms with Gasteiger partial charge < -0.3 is 15.0 Å². The third-order valence-corrected chi connectivity index (χ3v) is 0.831. The van der Waals surface area contributed by atoms with Crippen molar-refractivity contribution in [2.75, 3.05) is 0 Å². The number of hydrogen-bond acceptors (Lipinski definition) is 3. The second-order valence-corrected chi connectivity index (χ2v) is 1.95. The average molecular weight is 208 g/mol. The van der Waals surface area contributed by atoms with E-state index in [0.29, 0.717) is 0 Å². The fraction of sp³-hybridized carbons (Fsp3) is 0.333. The van der Waals surface area contributed by atoms with Crippen LogP contribution in [0.5, 0.6) is 0 Å². The van der Waals surface area contributed by atoms with Crippen LogP contribution in [0.15, 0.2) is 24.3 Å². The van der Waals surface area contributed by atoms with E-state index in [1.54, 1.807) is 12.2 Å². The average Bonchev–Trinajstić information content (AvgIpc) is 2.05. The van der Waals surface area contributed by atoms with Gasteiger partial charge in [-0.05, 0) is 13.3 Å². The summed E-state index contributed by atoms with van der Waals surface area (Å²) in [4.78, 5) is 19.0. The number of carboxylic acid groups (broad SMARTS) is 2. The molecule has 0 aliphatic heterocycles. The van der Waals surface area contributed by atoms with E-state index in [1.807, 2.05) is 6.92 Å². The molecule has 0 saturated heterocycles. The van der Waals surface area contributed by atoms with E-state index in [1.165, 1.54) is 13.0 Å². The Kier molecular flexibility index (Phi) is 20.3. The molecule has 1 N–H and O–H groups in total. The fourth-order valence-corrected chi connectivity index (χ4v) is 0.249. The number of carboxylic acids is 2. The quantitative estimate of drug-likeness (QED) is 0.312. The smallest absolute Gasteiger partial charge is 0.550 e. The van der Waals surface area contributed by atoms with Gasteiger partial charge in [0.2, 0.25) is 0 Å². The predicted molar refractivity (Wildman–Crippen MR) is 46.9 cm³/mol. The van der Waals surface area contributed by atoms with Crippen molar-refractivity contribution in [2.24, 2.45) is 0 Å². The van der Waals surface area contributed by atoms with Crippen LogP contribution in [0.25, 0.3) is 0 Å². The molecule has 0 heterocycles. The first-order valence-corrected chi connectivity index (χ1v) is 3.76. The number of carbonyl (C=O) groups excluding carboxylic acids is 1. The first-order chi connectivity index (χ1) is 6.04. The third-order valence-electron chi connectivity index (χ3n) is 0.831. The zero-order valence-electron chi connectivity index (χ0n) is 8.69. The van der Waals surface area contributed by atoms with Gasteiger partial charge >= 0.3 is 35.5 Å². The number of allylic oxidation sites excluding steroid dienone is 3. The van der Waals surface area contributed by atoms with Gasteiger partial charge in [-0.1, -0.05) is 25.2 Å². The van der Waals surface area contributed by atoms with Crippen molar-refractivity contribution in [3.05, 3.63) is 24.3 Å². The van der Waals surface area contributed by atoms with Crippen molar-refractivity contribution in [1.29, 1.82) is 0 Å². The number of hydrogen-bond donors (Lipinski definition) is 1. The molecule has 0 aliphatic carbocycles. The first kappa shape index (κ1) is 19.1. The molecule has 0 atom stereocenters. The van der Waals surface area contributed by atoms with Crippen molar-refractivity contribution >= 4 is 11.9 Å². The van der Waals surface area contributed by atoms with Crippen LogP contribution in [0, 0.1) is 0 Å². The van der Waals surface area contributed by atoms with Gasteiger partial charge in [0, 0.05) is 12.0 Å². The summed E-state index contributed by atoms with van der Waals surface area (Å²) in [6, 6.07) is 0. The molecular weight excluding hydrogens is 195 g/mol. The molecule has 0 fully saturated rings. The number of carbonyl (C=O) groups is 2. The summed E-state index contributed by atoms with van der Waals surface area (Å²) < 4.78 is 0. The van der Waals surface area contributed by atoms with Crippen LogP contribution in [0.3, 0.4) is 0 Å². The summed E-state index contributed by atoms with van der Waals surface area (Å²) in [5.41, 5.74) is 0. The van der Waals surface area contributed by atoms with E-state index in [-0.39, 0.29) is 36.0 Å². The molecule has 0 saturated carbocycles. The van der Waals surface area contributed by atoms with E-state index >= 15 is 0 Å². The van der Waals surface area contributed by atoms with Gasteiger partial charge in [-0.25, -0.2) is 4.79 Å². The van der Waals surface area contributed by atoms with Crippen LogP contribution in [-0.4, -0.2) is 17.0 Å². The van der Waals surface area contributed by atoms with Gasteiger partial charge in [0.15, 0.2) is 0 Å². The molecule has 0 rings (SSSR count). The SMILES string of the molecule is CC=CC=CC(=O)O.CCC(=O)[O-].[Na+]. The second-order valence-electron chi connectivity index (χ2n) is 1.95. The molecular formula is C9H13NaO4. The summed E-state index contributed by atoms with van der Waals surface area (Å²) in [7, 11) is 0. The monoisotopic (exact) mass is 208 g/mol. The second kappa shape index (κ2) is 14.9. The van der Waals surface area contributed by atoms with Crippen LogP contribution < -0.4 is 34.7 Å². The largest absolute Gasteiger partial charge is 1.00 e. The molecule has 0 radical (unpaired) electrons. The standard InChI is InChI=1S/C6H8O2.C3H6O2.Na/c1-2-3-4-5-6(7)8;1-2-3(4)5;/h2-5H,1H3,(H,7,8);2H2,1H3,(H,4,5);/q;;+1/p-1. The molecule has 4 nitrogen and oxygen atoms in total. The van der Waals surface area contributed by atoms with E-state index in [4.69, 9.17) is 5.11 Å². The molecule has 5 heteroatoms. The first-order valence-electron chi connectivity index (χ1n) is 3.76. The Hall–Kier alpha value is -0.580. The molecule has 0 unspecified atom stereocenters. The summed E-state index contributed by atoms with van der Waals surface area (Å²) in [6.07, 6.45) is 6.09. The molecule has 14 heavy (non-hydrogen) atoms. The molecule has 0 aromatic carbocycles. The van der Waals surface area contributed by atoms with Crippen LogP contribution in [0.4, 0.5) is 0 Å². The van der Waals surface area contributed by atoms with Crippen molar-refractivity contribution in [1.82, 2.24) is 0 Å². The minimum absolute atomic E-state index is 0. The maximum absolute atomic E-state index is 9.75. The minimum atomic E-state index is -0.995. The zero-order chi connectivity index (χ0) is 10.7. The Morgan fingerprint density at radius 3 is 2.00 bits per heavy atom. The van der Waals surface area contributed by atoms with Crippen molar-refractivity contribution in [2.45, 2.75) is 20.3 Å². The maximum atomic E-state index is 9.75. The van der Waals surface area contributed by atoms with Gasteiger partial charge in [-0.3, -0.25) is 0 Å². The topological polar surface area (TPSA) is 77.4 Å². The van der Waals surface area contributed by atoms with Crippen LogP contribution in [-0.2, 0) is 9.59 Å². The van der Waals surface area contributed by atoms with Gasteiger partial charge in [0.05, 0.1) is 0 Å². The third kappa shape index (κ3) is 30.1. The minimum Gasteiger partial charge on any atom is -0.550 e. The zero-order valence-corrected chi connectivity index (χ0v) is 10.7. The van der Waals surface area contributed by atoms with Crippen molar-refractivity contribution < 1.29 is 49.4 Å². The van der Waals surface area contributed by atoms with Crippen LogP contribution in [0.1, 0.15) is 20.3 Å². The van der Waals surface area contributed by atoms with Crippen molar-refractivity contribution in [3.8, 4) is 0 Å². The van der Waals surface area contributed by atoms with Gasteiger partial charge in [-0.15, -0.1) is 0 Å².